The molecule has 0 aliphatic heterocycles. The van der Waals surface area contributed by atoms with Crippen molar-refractivity contribution in [3.8, 4) is 6.07 Å². The molecule has 2 N–H and O–H groups in total. The molecule has 0 spiro atoms. The van der Waals surface area contributed by atoms with Gasteiger partial charge in [-0.1, -0.05) is 0 Å². The fourth-order valence-corrected chi connectivity index (χ4v) is 1.66. The summed E-state index contributed by atoms with van der Waals surface area (Å²) in [5.74, 6) is 0.500. The van der Waals surface area contributed by atoms with E-state index in [1.165, 1.54) is 0 Å². The fraction of sp³-hybridized carbons (Fsp3) is 0.500. The summed E-state index contributed by atoms with van der Waals surface area (Å²) in [5.41, 5.74) is 1.46. The minimum absolute atomic E-state index is 0.225. The Hall–Kier alpha value is -1.44. The maximum absolute atomic E-state index is 9.64. The van der Waals surface area contributed by atoms with Gasteiger partial charge in [0.15, 0.2) is 0 Å². The Morgan fingerprint density at radius 1 is 1.62 bits per heavy atom. The molecular weight excluding hydrogens is 202 g/mol. The number of aliphatic hydroxyl groups excluding tert-OH is 1. The molecule has 4 nitrogen and oxygen atoms in total. The number of nitrogens with zero attached hydrogens (tertiary/aromatic N) is 2. The molecule has 1 saturated carbocycles. The maximum Gasteiger partial charge on any atom is 0.140 e. The number of nitriles is 1. The van der Waals surface area contributed by atoms with Crippen molar-refractivity contribution >= 4 is 0 Å². The summed E-state index contributed by atoms with van der Waals surface area (Å²) >= 11 is 0. The van der Waals surface area contributed by atoms with E-state index in [2.05, 4.69) is 10.3 Å². The van der Waals surface area contributed by atoms with E-state index in [1.807, 2.05) is 12.1 Å². The third-order valence-electron chi connectivity index (χ3n) is 2.79. The fourth-order valence-electron chi connectivity index (χ4n) is 1.66. The van der Waals surface area contributed by atoms with Crippen molar-refractivity contribution in [2.24, 2.45) is 5.92 Å². The first-order valence-corrected chi connectivity index (χ1v) is 5.53. The van der Waals surface area contributed by atoms with Crippen LogP contribution in [-0.4, -0.2) is 22.7 Å². The molecule has 16 heavy (non-hydrogen) atoms. The summed E-state index contributed by atoms with van der Waals surface area (Å²) < 4.78 is 0. The third kappa shape index (κ3) is 3.02. The van der Waals surface area contributed by atoms with Crippen LogP contribution in [0.2, 0.25) is 0 Å². The molecule has 1 heterocycles. The van der Waals surface area contributed by atoms with Crippen LogP contribution in [0.25, 0.3) is 0 Å². The van der Waals surface area contributed by atoms with Gasteiger partial charge in [-0.2, -0.15) is 5.26 Å². The smallest absolute Gasteiger partial charge is 0.140 e. The van der Waals surface area contributed by atoms with Gasteiger partial charge in [-0.05, 0) is 36.5 Å². The number of pyridine rings is 1. The van der Waals surface area contributed by atoms with Gasteiger partial charge in [0, 0.05) is 19.3 Å². The predicted molar refractivity (Wildman–Crippen MR) is 59.4 cm³/mol. The van der Waals surface area contributed by atoms with E-state index in [9.17, 15) is 5.11 Å². The number of hydrogen-bond acceptors (Lipinski definition) is 4. The van der Waals surface area contributed by atoms with Crippen molar-refractivity contribution in [2.45, 2.75) is 25.5 Å². The molecule has 1 aromatic heterocycles. The third-order valence-corrected chi connectivity index (χ3v) is 2.79. The molecule has 1 aromatic rings. The highest BCUT2D eigenvalue weighted by Crippen LogP contribution is 2.32. The van der Waals surface area contributed by atoms with Crippen LogP contribution in [0.1, 0.15) is 24.1 Å². The minimum atomic E-state index is -0.225. The zero-order chi connectivity index (χ0) is 11.4. The number of rotatable bonds is 5. The van der Waals surface area contributed by atoms with Gasteiger partial charge in [-0.25, -0.2) is 4.98 Å². The van der Waals surface area contributed by atoms with Gasteiger partial charge in [0.05, 0.1) is 6.10 Å². The predicted octanol–water partition coefficient (Wildman–Crippen LogP) is 0.814. The standard InChI is InChI=1S/C12H15N3O/c13-6-11-5-9(3-4-15-11)7-14-8-12(16)10-1-2-10/h3-5,10,12,14,16H,1-2,7-8H2. The second-order valence-electron chi connectivity index (χ2n) is 4.20. The minimum Gasteiger partial charge on any atom is -0.392 e. The van der Waals surface area contributed by atoms with Gasteiger partial charge in [0.1, 0.15) is 11.8 Å². The normalized spacial score (nSPS) is 16.8. The van der Waals surface area contributed by atoms with Crippen LogP contribution in [0.3, 0.4) is 0 Å². The van der Waals surface area contributed by atoms with E-state index < -0.39 is 0 Å². The first-order chi connectivity index (χ1) is 7.79. The van der Waals surface area contributed by atoms with Crippen molar-refractivity contribution in [1.29, 1.82) is 5.26 Å². The van der Waals surface area contributed by atoms with Gasteiger partial charge in [0.2, 0.25) is 0 Å². The van der Waals surface area contributed by atoms with Crippen molar-refractivity contribution in [3.63, 3.8) is 0 Å². The molecule has 1 aliphatic rings. The van der Waals surface area contributed by atoms with Crippen LogP contribution < -0.4 is 5.32 Å². The average Bonchev–Trinajstić information content (AvgIpc) is 3.13. The summed E-state index contributed by atoms with van der Waals surface area (Å²) in [6.07, 6.45) is 3.71. The average molecular weight is 217 g/mol. The van der Waals surface area contributed by atoms with Crippen LogP contribution in [0.15, 0.2) is 18.3 Å². The van der Waals surface area contributed by atoms with Gasteiger partial charge < -0.3 is 10.4 Å². The molecule has 1 atom stereocenters. The lowest BCUT2D eigenvalue weighted by atomic mass is 10.2. The number of nitrogens with one attached hydrogen (secondary N) is 1. The monoisotopic (exact) mass is 217 g/mol. The Bertz CT molecular complexity index is 395. The highest BCUT2D eigenvalue weighted by Gasteiger charge is 2.28. The first kappa shape index (κ1) is 11.1. The second-order valence-corrected chi connectivity index (χ2v) is 4.20. The second kappa shape index (κ2) is 5.06. The SMILES string of the molecule is N#Cc1cc(CNCC(O)C2CC2)ccn1. The van der Waals surface area contributed by atoms with Crippen molar-refractivity contribution in [2.75, 3.05) is 6.54 Å². The van der Waals surface area contributed by atoms with Crippen LogP contribution in [-0.2, 0) is 6.54 Å². The lowest BCUT2D eigenvalue weighted by Gasteiger charge is -2.10. The molecule has 2 rings (SSSR count). The van der Waals surface area contributed by atoms with Crippen molar-refractivity contribution in [3.05, 3.63) is 29.6 Å². The molecule has 0 saturated heterocycles. The van der Waals surface area contributed by atoms with Gasteiger partial charge in [0.25, 0.3) is 0 Å². The van der Waals surface area contributed by atoms with Crippen LogP contribution in [0.5, 0.6) is 0 Å². The quantitative estimate of drug-likeness (QED) is 0.766. The number of hydrogen-bond donors (Lipinski definition) is 2. The summed E-state index contributed by atoms with van der Waals surface area (Å²) in [7, 11) is 0. The van der Waals surface area contributed by atoms with Crippen LogP contribution >= 0.6 is 0 Å². The van der Waals surface area contributed by atoms with Crippen molar-refractivity contribution in [1.82, 2.24) is 10.3 Å². The molecule has 0 amide bonds. The Labute approximate surface area is 94.9 Å². The van der Waals surface area contributed by atoms with E-state index >= 15 is 0 Å². The Morgan fingerprint density at radius 3 is 3.12 bits per heavy atom. The van der Waals surface area contributed by atoms with Gasteiger partial charge in [-0.3, -0.25) is 0 Å². The van der Waals surface area contributed by atoms with Crippen LogP contribution in [0, 0.1) is 17.2 Å². The summed E-state index contributed by atoms with van der Waals surface area (Å²) in [6, 6.07) is 5.64. The lowest BCUT2D eigenvalue weighted by molar-refractivity contribution is 0.148. The van der Waals surface area contributed by atoms with Crippen LogP contribution in [0.4, 0.5) is 0 Å². The number of aliphatic hydroxyl groups is 1. The molecule has 1 unspecified atom stereocenters. The maximum atomic E-state index is 9.64. The largest absolute Gasteiger partial charge is 0.392 e. The summed E-state index contributed by atoms with van der Waals surface area (Å²) in [4.78, 5) is 3.90. The van der Waals surface area contributed by atoms with Crippen molar-refractivity contribution < 1.29 is 5.11 Å². The topological polar surface area (TPSA) is 68.9 Å². The molecular formula is C12H15N3O. The highest BCUT2D eigenvalue weighted by molar-refractivity contribution is 5.25. The zero-order valence-electron chi connectivity index (χ0n) is 9.06. The first-order valence-electron chi connectivity index (χ1n) is 5.53. The summed E-state index contributed by atoms with van der Waals surface area (Å²) in [6.45, 7) is 1.29. The lowest BCUT2D eigenvalue weighted by Crippen LogP contribution is -2.27. The van der Waals surface area contributed by atoms with Gasteiger partial charge >= 0.3 is 0 Å². The molecule has 84 valence electrons. The highest BCUT2D eigenvalue weighted by atomic mass is 16.3. The molecule has 1 aliphatic carbocycles. The van der Waals surface area contributed by atoms with E-state index in [0.717, 1.165) is 18.4 Å². The van der Waals surface area contributed by atoms with E-state index in [4.69, 9.17) is 5.26 Å². The molecule has 1 fully saturated rings. The summed E-state index contributed by atoms with van der Waals surface area (Å²) in [5, 5.41) is 21.5. The molecule has 0 radical (unpaired) electrons. The Morgan fingerprint density at radius 2 is 2.44 bits per heavy atom. The molecule has 4 heteroatoms. The van der Waals surface area contributed by atoms with E-state index in [-0.39, 0.29) is 6.10 Å². The molecule has 0 aromatic carbocycles. The van der Waals surface area contributed by atoms with Gasteiger partial charge in [-0.15, -0.1) is 0 Å². The Balaban J connectivity index is 1.78. The number of aromatic nitrogens is 1. The van der Waals surface area contributed by atoms with E-state index in [1.54, 1.807) is 12.3 Å². The molecule has 0 bridgehead atoms. The Kier molecular flexibility index (Phi) is 3.50. The zero-order valence-corrected chi connectivity index (χ0v) is 9.06. The van der Waals surface area contributed by atoms with E-state index in [0.29, 0.717) is 24.7 Å².